The number of alkyl halides is 2. The smallest absolute Gasteiger partial charge is 0.272 e. The highest BCUT2D eigenvalue weighted by Crippen LogP contribution is 2.12. The van der Waals surface area contributed by atoms with E-state index >= 15 is 0 Å². The molecule has 1 aliphatic rings. The van der Waals surface area contributed by atoms with Crippen LogP contribution < -0.4 is 15.4 Å². The zero-order valence-electron chi connectivity index (χ0n) is 11.9. The van der Waals surface area contributed by atoms with E-state index in [1.165, 1.54) is 18.3 Å². The highest BCUT2D eigenvalue weighted by atomic mass is 19.3. The molecule has 1 aromatic heterocycles. The van der Waals surface area contributed by atoms with Crippen LogP contribution in [0.2, 0.25) is 0 Å². The molecule has 2 amide bonds. The number of nitrogens with zero attached hydrogens (tertiary/aromatic N) is 1. The summed E-state index contributed by atoms with van der Waals surface area (Å²) in [6.07, 6.45) is 0.308. The summed E-state index contributed by atoms with van der Waals surface area (Å²) in [6, 6.07) is 2.69. The lowest BCUT2D eigenvalue weighted by Gasteiger charge is -2.15. The van der Waals surface area contributed by atoms with Gasteiger partial charge in [0.1, 0.15) is 0 Å². The van der Waals surface area contributed by atoms with E-state index in [0.717, 1.165) is 0 Å². The van der Waals surface area contributed by atoms with Crippen molar-refractivity contribution in [2.75, 3.05) is 13.2 Å². The molecule has 1 aromatic rings. The van der Waals surface area contributed by atoms with E-state index < -0.39 is 13.0 Å². The Kier molecular flexibility index (Phi) is 5.62. The fourth-order valence-electron chi connectivity index (χ4n) is 2.11. The van der Waals surface area contributed by atoms with Gasteiger partial charge in [0.2, 0.25) is 11.8 Å². The number of amides is 2. The van der Waals surface area contributed by atoms with Crippen molar-refractivity contribution in [1.82, 2.24) is 15.6 Å². The molecule has 0 spiro atoms. The van der Waals surface area contributed by atoms with Gasteiger partial charge in [-0.05, 0) is 18.9 Å². The minimum absolute atomic E-state index is 0.0225. The number of rotatable bonds is 5. The van der Waals surface area contributed by atoms with Gasteiger partial charge in [0.25, 0.3) is 12.3 Å². The van der Waals surface area contributed by atoms with Gasteiger partial charge < -0.3 is 15.4 Å². The van der Waals surface area contributed by atoms with Crippen LogP contribution in [0.1, 0.15) is 29.6 Å². The Morgan fingerprint density at radius 1 is 1.50 bits per heavy atom. The first-order valence-electron chi connectivity index (χ1n) is 6.99. The van der Waals surface area contributed by atoms with Crippen LogP contribution in [0.3, 0.4) is 0 Å². The van der Waals surface area contributed by atoms with E-state index in [1.807, 2.05) is 0 Å². The van der Waals surface area contributed by atoms with Gasteiger partial charge in [0.15, 0.2) is 6.61 Å². The molecule has 1 saturated heterocycles. The van der Waals surface area contributed by atoms with E-state index in [4.69, 9.17) is 4.74 Å². The summed E-state index contributed by atoms with van der Waals surface area (Å²) in [6.45, 7) is -0.253. The normalized spacial score (nSPS) is 18.5. The molecule has 2 rings (SSSR count). The van der Waals surface area contributed by atoms with Crippen molar-refractivity contribution in [2.45, 2.75) is 31.7 Å². The van der Waals surface area contributed by atoms with Crippen LogP contribution in [-0.4, -0.2) is 42.4 Å². The number of ether oxygens (including phenoxy) is 1. The lowest BCUT2D eigenvalue weighted by atomic mass is 10.1. The first-order chi connectivity index (χ1) is 10.5. The Bertz CT molecular complexity index is 540. The molecule has 120 valence electrons. The summed E-state index contributed by atoms with van der Waals surface area (Å²) >= 11 is 0. The average Bonchev–Trinajstić information content (AvgIpc) is 2.70. The Labute approximate surface area is 126 Å². The molecular weight excluding hydrogens is 296 g/mol. The van der Waals surface area contributed by atoms with Crippen molar-refractivity contribution in [3.8, 4) is 5.88 Å². The molecule has 6 nitrogen and oxygen atoms in total. The van der Waals surface area contributed by atoms with Gasteiger partial charge in [-0.3, -0.25) is 9.59 Å². The maximum Gasteiger partial charge on any atom is 0.272 e. The predicted molar refractivity (Wildman–Crippen MR) is 73.9 cm³/mol. The van der Waals surface area contributed by atoms with Crippen LogP contribution in [0.15, 0.2) is 18.3 Å². The molecule has 22 heavy (non-hydrogen) atoms. The van der Waals surface area contributed by atoms with Gasteiger partial charge >= 0.3 is 0 Å². The lowest BCUT2D eigenvalue weighted by molar-refractivity contribution is -0.120. The van der Waals surface area contributed by atoms with Crippen molar-refractivity contribution in [3.63, 3.8) is 0 Å². The quantitative estimate of drug-likeness (QED) is 0.854. The van der Waals surface area contributed by atoms with Crippen LogP contribution in [-0.2, 0) is 4.79 Å². The summed E-state index contributed by atoms with van der Waals surface area (Å²) in [7, 11) is 0. The average molecular weight is 313 g/mol. The molecule has 2 heterocycles. The highest BCUT2D eigenvalue weighted by molar-refractivity contribution is 5.94. The molecule has 1 atom stereocenters. The summed E-state index contributed by atoms with van der Waals surface area (Å²) in [5.74, 6) is -0.391. The molecule has 0 saturated carbocycles. The number of hydrogen-bond acceptors (Lipinski definition) is 4. The zero-order valence-corrected chi connectivity index (χ0v) is 11.9. The SMILES string of the molecule is O=C1CCC(NC(=O)c2ccnc(OCC(F)F)c2)CCN1. The summed E-state index contributed by atoms with van der Waals surface area (Å²) in [5.41, 5.74) is 0.280. The van der Waals surface area contributed by atoms with Gasteiger partial charge in [-0.2, -0.15) is 0 Å². The Morgan fingerprint density at radius 3 is 3.09 bits per heavy atom. The maximum atomic E-state index is 12.1. The number of hydrogen-bond donors (Lipinski definition) is 2. The standard InChI is InChI=1S/C14H17F2N3O3/c15-11(16)8-22-13-7-9(3-5-18-13)14(21)19-10-1-2-12(20)17-6-4-10/h3,5,7,10-11H,1-2,4,6,8H2,(H,17,20)(H,19,21). The number of aromatic nitrogens is 1. The second kappa shape index (κ2) is 7.67. The minimum atomic E-state index is -2.60. The first-order valence-corrected chi connectivity index (χ1v) is 6.99. The number of nitrogens with one attached hydrogen (secondary N) is 2. The molecule has 0 radical (unpaired) electrons. The third kappa shape index (κ3) is 4.94. The van der Waals surface area contributed by atoms with Gasteiger partial charge in [-0.1, -0.05) is 0 Å². The van der Waals surface area contributed by atoms with E-state index in [0.29, 0.717) is 25.8 Å². The van der Waals surface area contributed by atoms with Crippen LogP contribution in [0, 0.1) is 0 Å². The Morgan fingerprint density at radius 2 is 2.32 bits per heavy atom. The largest absolute Gasteiger partial charge is 0.472 e. The van der Waals surface area contributed by atoms with Crippen molar-refractivity contribution in [2.24, 2.45) is 0 Å². The molecular formula is C14H17F2N3O3. The summed E-state index contributed by atoms with van der Waals surface area (Å²) in [4.78, 5) is 27.2. The Hall–Kier alpha value is -2.25. The van der Waals surface area contributed by atoms with E-state index in [-0.39, 0.29) is 29.3 Å². The molecule has 0 aliphatic carbocycles. The third-order valence-electron chi connectivity index (χ3n) is 3.22. The topological polar surface area (TPSA) is 80.3 Å². The fraction of sp³-hybridized carbons (Fsp3) is 0.500. The zero-order chi connectivity index (χ0) is 15.9. The van der Waals surface area contributed by atoms with E-state index in [2.05, 4.69) is 15.6 Å². The van der Waals surface area contributed by atoms with Crippen molar-refractivity contribution >= 4 is 11.8 Å². The van der Waals surface area contributed by atoms with Gasteiger partial charge in [0, 0.05) is 36.8 Å². The van der Waals surface area contributed by atoms with Crippen LogP contribution >= 0.6 is 0 Å². The van der Waals surface area contributed by atoms with Crippen molar-refractivity contribution in [1.29, 1.82) is 0 Å². The second-order valence-electron chi connectivity index (χ2n) is 4.93. The number of carbonyl (C=O) groups is 2. The van der Waals surface area contributed by atoms with E-state index in [9.17, 15) is 18.4 Å². The lowest BCUT2D eigenvalue weighted by Crippen LogP contribution is -2.35. The molecule has 2 N–H and O–H groups in total. The monoisotopic (exact) mass is 313 g/mol. The molecule has 1 fully saturated rings. The third-order valence-corrected chi connectivity index (χ3v) is 3.22. The second-order valence-corrected chi connectivity index (χ2v) is 4.93. The first kappa shape index (κ1) is 16.1. The molecule has 1 aliphatic heterocycles. The van der Waals surface area contributed by atoms with Crippen LogP contribution in [0.25, 0.3) is 0 Å². The highest BCUT2D eigenvalue weighted by Gasteiger charge is 2.19. The number of pyridine rings is 1. The summed E-state index contributed by atoms with van der Waals surface area (Å²) < 4.78 is 29.0. The number of carbonyl (C=O) groups excluding carboxylic acids is 2. The number of halogens is 2. The molecule has 8 heteroatoms. The molecule has 1 unspecified atom stereocenters. The van der Waals surface area contributed by atoms with Gasteiger partial charge in [0.05, 0.1) is 0 Å². The van der Waals surface area contributed by atoms with E-state index in [1.54, 1.807) is 0 Å². The Balaban J connectivity index is 1.94. The maximum absolute atomic E-state index is 12.1. The summed E-state index contributed by atoms with van der Waals surface area (Å²) in [5, 5.41) is 5.56. The predicted octanol–water partition coefficient (Wildman–Crippen LogP) is 1.12. The fourth-order valence-corrected chi connectivity index (χ4v) is 2.11. The minimum Gasteiger partial charge on any atom is -0.472 e. The molecule has 0 aromatic carbocycles. The van der Waals surface area contributed by atoms with Crippen LogP contribution in [0.5, 0.6) is 5.88 Å². The van der Waals surface area contributed by atoms with Gasteiger partial charge in [-0.15, -0.1) is 0 Å². The van der Waals surface area contributed by atoms with Crippen molar-refractivity contribution < 1.29 is 23.1 Å². The van der Waals surface area contributed by atoms with Crippen molar-refractivity contribution in [3.05, 3.63) is 23.9 Å². The van der Waals surface area contributed by atoms with Crippen LogP contribution in [0.4, 0.5) is 8.78 Å². The van der Waals surface area contributed by atoms with Gasteiger partial charge in [-0.25, -0.2) is 13.8 Å². The molecule has 0 bridgehead atoms.